The van der Waals surface area contributed by atoms with Crippen LogP contribution in [0.4, 0.5) is 11.4 Å². The SMILES string of the molecule is C=CCN1C(=O)/C(=C\c2ccc(-c3ccc(C)cc3[N+](=O)[O-])o2)SC1=Nc1cccnc1. The van der Waals surface area contributed by atoms with Gasteiger partial charge in [-0.2, -0.15) is 0 Å². The minimum atomic E-state index is -0.437. The second-order valence-electron chi connectivity index (χ2n) is 6.90. The van der Waals surface area contributed by atoms with Gasteiger partial charge in [0.25, 0.3) is 11.6 Å². The molecule has 160 valence electrons. The Balaban J connectivity index is 1.66. The van der Waals surface area contributed by atoms with Crippen molar-refractivity contribution in [3.05, 3.63) is 93.9 Å². The van der Waals surface area contributed by atoms with Gasteiger partial charge in [-0.05, 0) is 54.6 Å². The molecule has 3 heterocycles. The molecule has 1 saturated heterocycles. The Hall–Kier alpha value is -3.98. The Labute approximate surface area is 188 Å². The van der Waals surface area contributed by atoms with Crippen molar-refractivity contribution in [2.45, 2.75) is 6.92 Å². The van der Waals surface area contributed by atoms with Crippen LogP contribution in [0.25, 0.3) is 17.4 Å². The van der Waals surface area contributed by atoms with Gasteiger partial charge in [-0.3, -0.25) is 24.8 Å². The van der Waals surface area contributed by atoms with Crippen LogP contribution in [0.15, 0.2) is 81.8 Å². The molecule has 1 amide bonds. The molecule has 1 aromatic carbocycles. The lowest BCUT2D eigenvalue weighted by Gasteiger charge is -2.12. The highest BCUT2D eigenvalue weighted by Crippen LogP contribution is 2.36. The third kappa shape index (κ3) is 4.37. The summed E-state index contributed by atoms with van der Waals surface area (Å²) >= 11 is 1.22. The van der Waals surface area contributed by atoms with Crippen molar-refractivity contribution in [2.75, 3.05) is 6.54 Å². The van der Waals surface area contributed by atoms with Gasteiger partial charge in [-0.1, -0.05) is 12.1 Å². The van der Waals surface area contributed by atoms with Crippen LogP contribution < -0.4 is 0 Å². The highest BCUT2D eigenvalue weighted by Gasteiger charge is 2.33. The first kappa shape index (κ1) is 21.3. The van der Waals surface area contributed by atoms with E-state index in [1.165, 1.54) is 22.7 Å². The monoisotopic (exact) mass is 446 g/mol. The van der Waals surface area contributed by atoms with Crippen molar-refractivity contribution in [2.24, 2.45) is 4.99 Å². The molecule has 0 atom stereocenters. The highest BCUT2D eigenvalue weighted by molar-refractivity contribution is 8.18. The summed E-state index contributed by atoms with van der Waals surface area (Å²) in [7, 11) is 0. The van der Waals surface area contributed by atoms with Gasteiger partial charge in [0.1, 0.15) is 11.5 Å². The molecule has 0 aliphatic carbocycles. The highest BCUT2D eigenvalue weighted by atomic mass is 32.2. The first-order chi connectivity index (χ1) is 15.5. The molecule has 3 aromatic rings. The Kier molecular flexibility index (Phi) is 6.00. The van der Waals surface area contributed by atoms with E-state index >= 15 is 0 Å². The average Bonchev–Trinajstić information content (AvgIpc) is 3.35. The lowest BCUT2D eigenvalue weighted by atomic mass is 10.1. The first-order valence-corrected chi connectivity index (χ1v) is 10.4. The number of amidine groups is 1. The van der Waals surface area contributed by atoms with E-state index in [0.717, 1.165) is 5.56 Å². The summed E-state index contributed by atoms with van der Waals surface area (Å²) in [5, 5.41) is 11.9. The van der Waals surface area contributed by atoms with Crippen molar-refractivity contribution in [1.29, 1.82) is 0 Å². The van der Waals surface area contributed by atoms with E-state index in [4.69, 9.17) is 4.42 Å². The molecular weight excluding hydrogens is 428 g/mol. The zero-order chi connectivity index (χ0) is 22.7. The fourth-order valence-corrected chi connectivity index (χ4v) is 4.11. The van der Waals surface area contributed by atoms with E-state index in [2.05, 4.69) is 16.6 Å². The van der Waals surface area contributed by atoms with Gasteiger partial charge in [0.2, 0.25) is 0 Å². The fourth-order valence-electron chi connectivity index (χ4n) is 3.12. The van der Waals surface area contributed by atoms with E-state index in [1.54, 1.807) is 67.9 Å². The minimum Gasteiger partial charge on any atom is -0.456 e. The van der Waals surface area contributed by atoms with Crippen molar-refractivity contribution in [3.8, 4) is 11.3 Å². The van der Waals surface area contributed by atoms with Crippen LogP contribution in [-0.2, 0) is 4.79 Å². The van der Waals surface area contributed by atoms with Gasteiger partial charge in [0, 0.05) is 24.9 Å². The fraction of sp³-hybridized carbons (Fsp3) is 0.0870. The van der Waals surface area contributed by atoms with E-state index in [-0.39, 0.29) is 11.6 Å². The predicted molar refractivity (Wildman–Crippen MR) is 124 cm³/mol. The summed E-state index contributed by atoms with van der Waals surface area (Å²) in [6, 6.07) is 11.8. The van der Waals surface area contributed by atoms with Crippen molar-refractivity contribution in [1.82, 2.24) is 9.88 Å². The number of aryl methyl sites for hydroxylation is 1. The molecule has 32 heavy (non-hydrogen) atoms. The molecule has 4 rings (SSSR count). The molecule has 0 N–H and O–H groups in total. The summed E-state index contributed by atoms with van der Waals surface area (Å²) in [6.45, 7) is 5.81. The van der Waals surface area contributed by atoms with Crippen LogP contribution in [0, 0.1) is 17.0 Å². The second-order valence-corrected chi connectivity index (χ2v) is 7.91. The largest absolute Gasteiger partial charge is 0.456 e. The van der Waals surface area contributed by atoms with Crippen molar-refractivity contribution < 1.29 is 14.1 Å². The normalized spacial score (nSPS) is 16.2. The topological polar surface area (TPSA) is 102 Å². The molecule has 0 radical (unpaired) electrons. The zero-order valence-corrected chi connectivity index (χ0v) is 17.9. The number of hydrogen-bond donors (Lipinski definition) is 0. The standard InChI is InChI=1S/C23H18N4O4S/c1-3-11-26-22(28)21(32-23(26)25-16-5-4-10-24-14-16)13-17-7-9-20(31-17)18-8-6-15(2)12-19(18)27(29)30/h3-10,12-14H,1,11H2,2H3/b21-13+,25-23?. The molecule has 2 aromatic heterocycles. The number of pyridine rings is 1. The number of carbonyl (C=O) groups excluding carboxylic acids is 1. The van der Waals surface area contributed by atoms with Gasteiger partial charge < -0.3 is 4.42 Å². The molecule has 1 fully saturated rings. The number of hydrogen-bond acceptors (Lipinski definition) is 7. The number of nitro benzene ring substituents is 1. The number of benzene rings is 1. The maximum atomic E-state index is 12.9. The Morgan fingerprint density at radius 3 is 2.88 bits per heavy atom. The number of nitrogens with zero attached hydrogens (tertiary/aromatic N) is 4. The number of aliphatic imine (C=N–C) groups is 1. The first-order valence-electron chi connectivity index (χ1n) is 9.62. The quantitative estimate of drug-likeness (QED) is 0.219. The third-order valence-electron chi connectivity index (χ3n) is 4.59. The Morgan fingerprint density at radius 2 is 2.16 bits per heavy atom. The van der Waals surface area contributed by atoms with Gasteiger partial charge >= 0.3 is 0 Å². The number of nitro groups is 1. The lowest BCUT2D eigenvalue weighted by Crippen LogP contribution is -2.29. The van der Waals surface area contributed by atoms with E-state index < -0.39 is 4.92 Å². The van der Waals surface area contributed by atoms with Crippen LogP contribution in [0.1, 0.15) is 11.3 Å². The number of carbonyl (C=O) groups is 1. The Morgan fingerprint density at radius 1 is 1.31 bits per heavy atom. The maximum Gasteiger partial charge on any atom is 0.280 e. The summed E-state index contributed by atoms with van der Waals surface area (Å²) in [5.41, 5.74) is 1.76. The maximum absolute atomic E-state index is 12.9. The summed E-state index contributed by atoms with van der Waals surface area (Å²) < 4.78 is 5.82. The predicted octanol–water partition coefficient (Wildman–Crippen LogP) is 5.35. The minimum absolute atomic E-state index is 0.0343. The molecule has 9 heteroatoms. The lowest BCUT2D eigenvalue weighted by molar-refractivity contribution is -0.384. The number of furan rings is 1. The Bertz CT molecular complexity index is 1260. The van der Waals surface area contributed by atoms with Crippen LogP contribution in [0.5, 0.6) is 0 Å². The molecule has 1 aliphatic heterocycles. The summed E-state index contributed by atoms with van der Waals surface area (Å²) in [6.07, 6.45) is 6.50. The van der Waals surface area contributed by atoms with Crippen LogP contribution >= 0.6 is 11.8 Å². The van der Waals surface area contributed by atoms with Crippen LogP contribution in [-0.4, -0.2) is 32.4 Å². The van der Waals surface area contributed by atoms with Gasteiger partial charge in [-0.15, -0.1) is 6.58 Å². The summed E-state index contributed by atoms with van der Waals surface area (Å²) in [5.74, 6) is 0.537. The van der Waals surface area contributed by atoms with E-state index in [1.807, 2.05) is 0 Å². The van der Waals surface area contributed by atoms with E-state index in [9.17, 15) is 14.9 Å². The van der Waals surface area contributed by atoms with Crippen molar-refractivity contribution in [3.63, 3.8) is 0 Å². The summed E-state index contributed by atoms with van der Waals surface area (Å²) in [4.78, 5) is 34.4. The smallest absolute Gasteiger partial charge is 0.280 e. The molecule has 1 aliphatic rings. The molecule has 8 nitrogen and oxygen atoms in total. The molecule has 0 unspecified atom stereocenters. The number of thioether (sulfide) groups is 1. The van der Waals surface area contributed by atoms with Gasteiger partial charge in [0.05, 0.1) is 27.3 Å². The molecular formula is C23H18N4O4S. The van der Waals surface area contributed by atoms with Gasteiger partial charge in [-0.25, -0.2) is 4.99 Å². The zero-order valence-electron chi connectivity index (χ0n) is 17.1. The molecule has 0 spiro atoms. The van der Waals surface area contributed by atoms with Crippen LogP contribution in [0.3, 0.4) is 0 Å². The number of amides is 1. The average molecular weight is 446 g/mol. The number of rotatable bonds is 6. The third-order valence-corrected chi connectivity index (χ3v) is 5.59. The van der Waals surface area contributed by atoms with Gasteiger partial charge in [0.15, 0.2) is 5.17 Å². The second kappa shape index (κ2) is 9.03. The number of aromatic nitrogens is 1. The molecule has 0 saturated carbocycles. The van der Waals surface area contributed by atoms with Crippen molar-refractivity contribution >= 4 is 40.3 Å². The molecule has 0 bridgehead atoms. The van der Waals surface area contributed by atoms with E-state index in [0.29, 0.717) is 39.4 Å². The van der Waals surface area contributed by atoms with Crippen LogP contribution in [0.2, 0.25) is 0 Å².